The average Bonchev–Trinajstić information content (AvgIpc) is 3.18. The number of carboxylic acids is 2. The maximum atomic E-state index is 12.8. The van der Waals surface area contributed by atoms with Gasteiger partial charge < -0.3 is 37.2 Å². The van der Waals surface area contributed by atoms with Crippen molar-refractivity contribution in [3.8, 4) is 0 Å². The molecule has 0 aliphatic carbocycles. The van der Waals surface area contributed by atoms with Crippen LogP contribution in [0, 0.1) is 5.92 Å². The highest BCUT2D eigenvalue weighted by molar-refractivity contribution is 5.96. The van der Waals surface area contributed by atoms with Crippen LogP contribution >= 0.6 is 0 Å². The van der Waals surface area contributed by atoms with Gasteiger partial charge in [-0.2, -0.15) is 0 Å². The van der Waals surface area contributed by atoms with Crippen molar-refractivity contribution in [1.82, 2.24) is 15.5 Å². The molecule has 4 amide bonds. The first-order chi connectivity index (χ1) is 14.9. The molecule has 0 radical (unpaired) electrons. The molecule has 1 rings (SSSR count). The highest BCUT2D eigenvalue weighted by Gasteiger charge is 2.38. The molecule has 1 fully saturated rings. The van der Waals surface area contributed by atoms with Crippen molar-refractivity contribution in [3.05, 3.63) is 0 Å². The molecule has 180 valence electrons. The van der Waals surface area contributed by atoms with Crippen molar-refractivity contribution in [1.29, 1.82) is 0 Å². The van der Waals surface area contributed by atoms with Gasteiger partial charge in [-0.25, -0.2) is 4.79 Å². The summed E-state index contributed by atoms with van der Waals surface area (Å²) in [6, 6.07) is -5.04. The normalized spacial score (nSPS) is 19.3. The van der Waals surface area contributed by atoms with E-state index in [4.69, 9.17) is 16.6 Å². The Bertz CT molecular complexity index is 758. The van der Waals surface area contributed by atoms with Gasteiger partial charge in [0.1, 0.15) is 18.1 Å². The first-order valence-electron chi connectivity index (χ1n) is 10.3. The second-order valence-electron chi connectivity index (χ2n) is 7.84. The third kappa shape index (κ3) is 7.48. The molecule has 32 heavy (non-hydrogen) atoms. The Morgan fingerprint density at radius 3 is 2.22 bits per heavy atom. The van der Waals surface area contributed by atoms with E-state index in [1.807, 2.05) is 0 Å². The standard InChI is InChI=1S/C19H31N5O8/c1-3-9(2)15(19(31)32)23-16(28)11(8-13(21)25)22-17(29)12-5-4-6-24(12)18(30)10(20)7-14(26)27/h9-12,15H,3-8,20H2,1-2H3,(H2,21,25)(H,22,29)(H,23,28)(H,26,27)(H,31,32). The largest absolute Gasteiger partial charge is 0.481 e. The Hall–Kier alpha value is -3.22. The van der Waals surface area contributed by atoms with Crippen molar-refractivity contribution in [2.24, 2.45) is 17.4 Å². The predicted molar refractivity (Wildman–Crippen MR) is 110 cm³/mol. The zero-order chi connectivity index (χ0) is 24.6. The molecule has 5 atom stereocenters. The second kappa shape index (κ2) is 12.0. The number of primary amides is 1. The second-order valence-corrected chi connectivity index (χ2v) is 7.84. The van der Waals surface area contributed by atoms with Gasteiger partial charge in [0.05, 0.1) is 18.9 Å². The molecule has 0 aromatic carbocycles. The molecule has 1 saturated heterocycles. The lowest BCUT2D eigenvalue weighted by atomic mass is 9.98. The maximum absolute atomic E-state index is 12.8. The number of carbonyl (C=O) groups excluding carboxylic acids is 4. The Kier molecular flexibility index (Phi) is 10.0. The fourth-order valence-electron chi connectivity index (χ4n) is 3.41. The number of aliphatic carboxylic acids is 2. The van der Waals surface area contributed by atoms with E-state index in [0.717, 1.165) is 4.90 Å². The predicted octanol–water partition coefficient (Wildman–Crippen LogP) is -2.24. The van der Waals surface area contributed by atoms with Gasteiger partial charge in [0.15, 0.2) is 0 Å². The number of nitrogens with zero attached hydrogens (tertiary/aromatic N) is 1. The minimum atomic E-state index is -1.45. The van der Waals surface area contributed by atoms with E-state index in [9.17, 15) is 33.9 Å². The molecule has 13 nitrogen and oxygen atoms in total. The molecule has 0 bridgehead atoms. The van der Waals surface area contributed by atoms with Crippen LogP contribution in [0.4, 0.5) is 0 Å². The number of carboxylic acid groups (broad SMARTS) is 2. The summed E-state index contributed by atoms with van der Waals surface area (Å²) < 4.78 is 0. The summed E-state index contributed by atoms with van der Waals surface area (Å²) in [4.78, 5) is 72.8. The van der Waals surface area contributed by atoms with E-state index in [1.54, 1.807) is 13.8 Å². The van der Waals surface area contributed by atoms with E-state index in [-0.39, 0.29) is 13.0 Å². The van der Waals surface area contributed by atoms with Gasteiger partial charge in [-0.1, -0.05) is 20.3 Å². The molecule has 0 aromatic rings. The molecular formula is C19H31N5O8. The third-order valence-electron chi connectivity index (χ3n) is 5.37. The van der Waals surface area contributed by atoms with Gasteiger partial charge in [-0.3, -0.25) is 24.0 Å². The van der Waals surface area contributed by atoms with E-state index in [2.05, 4.69) is 10.6 Å². The van der Waals surface area contributed by atoms with E-state index in [1.165, 1.54) is 0 Å². The SMILES string of the molecule is CCC(C)C(NC(=O)C(CC(N)=O)NC(=O)C1CCCN1C(=O)C(N)CC(=O)O)C(=O)O. The molecule has 8 N–H and O–H groups in total. The number of amides is 4. The maximum Gasteiger partial charge on any atom is 0.326 e. The van der Waals surface area contributed by atoms with Crippen LogP contribution in [0.5, 0.6) is 0 Å². The summed E-state index contributed by atoms with van der Waals surface area (Å²) in [5.41, 5.74) is 10.8. The van der Waals surface area contributed by atoms with Crippen molar-refractivity contribution >= 4 is 35.6 Å². The van der Waals surface area contributed by atoms with E-state index < -0.39 is 78.5 Å². The van der Waals surface area contributed by atoms with Crippen LogP contribution in [-0.4, -0.2) is 81.4 Å². The van der Waals surface area contributed by atoms with E-state index >= 15 is 0 Å². The summed E-state index contributed by atoms with van der Waals surface area (Å²) in [6.45, 7) is 3.55. The quantitative estimate of drug-likeness (QED) is 0.186. The number of likely N-dealkylation sites (tertiary alicyclic amines) is 1. The minimum absolute atomic E-state index is 0.173. The smallest absolute Gasteiger partial charge is 0.326 e. The van der Waals surface area contributed by atoms with Crippen LogP contribution < -0.4 is 22.1 Å². The Morgan fingerprint density at radius 1 is 1.09 bits per heavy atom. The van der Waals surface area contributed by atoms with Gasteiger partial charge in [0, 0.05) is 6.54 Å². The number of nitrogens with two attached hydrogens (primary N) is 2. The number of rotatable bonds is 12. The van der Waals surface area contributed by atoms with Crippen LogP contribution in [0.25, 0.3) is 0 Å². The van der Waals surface area contributed by atoms with Crippen LogP contribution in [0.1, 0.15) is 46.0 Å². The summed E-state index contributed by atoms with van der Waals surface area (Å²) in [5.74, 6) is -6.22. The molecule has 0 spiro atoms. The lowest BCUT2D eigenvalue weighted by molar-refractivity contribution is -0.145. The van der Waals surface area contributed by atoms with Gasteiger partial charge >= 0.3 is 11.9 Å². The van der Waals surface area contributed by atoms with Crippen molar-refractivity contribution < 1.29 is 39.0 Å². The molecule has 0 saturated carbocycles. The first kappa shape index (κ1) is 26.8. The van der Waals surface area contributed by atoms with Crippen LogP contribution in [0.15, 0.2) is 0 Å². The zero-order valence-corrected chi connectivity index (χ0v) is 18.1. The van der Waals surface area contributed by atoms with E-state index in [0.29, 0.717) is 12.8 Å². The van der Waals surface area contributed by atoms with Crippen molar-refractivity contribution in [2.75, 3.05) is 6.54 Å². The molecule has 5 unspecified atom stereocenters. The minimum Gasteiger partial charge on any atom is -0.481 e. The fourth-order valence-corrected chi connectivity index (χ4v) is 3.41. The molecule has 1 heterocycles. The summed E-state index contributed by atoms with van der Waals surface area (Å²) in [6.07, 6.45) is -0.0374. The Labute approximate surface area is 184 Å². The Balaban J connectivity index is 2.95. The first-order valence-corrected chi connectivity index (χ1v) is 10.3. The monoisotopic (exact) mass is 457 g/mol. The Morgan fingerprint density at radius 2 is 1.72 bits per heavy atom. The number of nitrogens with one attached hydrogen (secondary N) is 2. The van der Waals surface area contributed by atoms with Crippen molar-refractivity contribution in [2.45, 2.75) is 70.1 Å². The number of hydrogen-bond acceptors (Lipinski definition) is 7. The average molecular weight is 457 g/mol. The lowest BCUT2D eigenvalue weighted by Crippen LogP contribution is -2.58. The lowest BCUT2D eigenvalue weighted by Gasteiger charge is -2.28. The number of hydrogen-bond donors (Lipinski definition) is 6. The van der Waals surface area contributed by atoms with Gasteiger partial charge in [0.2, 0.25) is 23.6 Å². The topological polar surface area (TPSA) is 222 Å². The van der Waals surface area contributed by atoms with Gasteiger partial charge in [0.25, 0.3) is 0 Å². The number of carbonyl (C=O) groups is 6. The van der Waals surface area contributed by atoms with Crippen LogP contribution in [0.2, 0.25) is 0 Å². The molecular weight excluding hydrogens is 426 g/mol. The fraction of sp³-hybridized carbons (Fsp3) is 0.684. The van der Waals surface area contributed by atoms with Crippen LogP contribution in [0.3, 0.4) is 0 Å². The highest BCUT2D eigenvalue weighted by Crippen LogP contribution is 2.19. The molecule has 13 heteroatoms. The summed E-state index contributed by atoms with van der Waals surface area (Å²) in [7, 11) is 0. The van der Waals surface area contributed by atoms with Gasteiger partial charge in [-0.05, 0) is 18.8 Å². The molecule has 0 aromatic heterocycles. The van der Waals surface area contributed by atoms with Gasteiger partial charge in [-0.15, -0.1) is 0 Å². The molecule has 1 aliphatic rings. The van der Waals surface area contributed by atoms with Crippen LogP contribution in [-0.2, 0) is 28.8 Å². The summed E-state index contributed by atoms with van der Waals surface area (Å²) >= 11 is 0. The summed E-state index contributed by atoms with van der Waals surface area (Å²) in [5, 5.41) is 22.9. The van der Waals surface area contributed by atoms with Crippen molar-refractivity contribution in [3.63, 3.8) is 0 Å². The third-order valence-corrected chi connectivity index (χ3v) is 5.37. The highest BCUT2D eigenvalue weighted by atomic mass is 16.4. The zero-order valence-electron chi connectivity index (χ0n) is 18.1. The molecule has 1 aliphatic heterocycles.